The minimum absolute atomic E-state index is 0.0379. The van der Waals surface area contributed by atoms with E-state index in [1.54, 1.807) is 16.6 Å². The number of H-pyrrole nitrogens is 1. The van der Waals surface area contributed by atoms with Crippen molar-refractivity contribution in [2.75, 3.05) is 19.6 Å². The second-order valence-electron chi connectivity index (χ2n) is 10.0. The zero-order chi connectivity index (χ0) is 24.6. The van der Waals surface area contributed by atoms with Crippen molar-refractivity contribution >= 4 is 5.65 Å². The molecule has 0 unspecified atom stereocenters. The number of nitrogens with zero attached hydrogens (tertiary/aromatic N) is 4. The number of benzene rings is 2. The molecule has 186 valence electrons. The van der Waals surface area contributed by atoms with Crippen LogP contribution in [0.1, 0.15) is 46.8 Å². The first-order valence-electron chi connectivity index (χ1n) is 12.6. The summed E-state index contributed by atoms with van der Waals surface area (Å²) in [4.78, 5) is 22.9. The van der Waals surface area contributed by atoms with Gasteiger partial charge in [0.15, 0.2) is 5.65 Å². The van der Waals surface area contributed by atoms with Crippen LogP contribution in [0.15, 0.2) is 59.4 Å². The van der Waals surface area contributed by atoms with E-state index in [1.165, 1.54) is 24.3 Å². The SMILES string of the molecule is O=c1c2c(nc3cc([C@@H]4CCCN(Cc5ccc(F)cc5)C4)[nH]n13)CCN(Cc1ccc(F)cc1)C2. The maximum Gasteiger partial charge on any atom is 0.277 e. The van der Waals surface area contributed by atoms with E-state index in [2.05, 4.69) is 14.9 Å². The molecule has 0 saturated carbocycles. The van der Waals surface area contributed by atoms with Crippen molar-refractivity contribution < 1.29 is 8.78 Å². The predicted octanol–water partition coefficient (Wildman–Crippen LogP) is 4.24. The maximum atomic E-state index is 13.4. The summed E-state index contributed by atoms with van der Waals surface area (Å²) in [6.45, 7) is 4.68. The van der Waals surface area contributed by atoms with Crippen LogP contribution in [0.25, 0.3) is 5.65 Å². The van der Waals surface area contributed by atoms with E-state index in [9.17, 15) is 13.6 Å². The fraction of sp³-hybridized carbons (Fsp3) is 0.357. The smallest absolute Gasteiger partial charge is 0.277 e. The van der Waals surface area contributed by atoms with Gasteiger partial charge in [-0.2, -0.15) is 0 Å². The molecule has 1 saturated heterocycles. The molecule has 2 aromatic heterocycles. The number of hydrogen-bond donors (Lipinski definition) is 1. The first kappa shape index (κ1) is 23.1. The molecule has 0 bridgehead atoms. The number of fused-ring (bicyclic) bond motifs is 2. The van der Waals surface area contributed by atoms with Gasteiger partial charge in [-0.25, -0.2) is 18.3 Å². The fourth-order valence-corrected chi connectivity index (χ4v) is 5.55. The van der Waals surface area contributed by atoms with Gasteiger partial charge in [-0.3, -0.25) is 19.7 Å². The molecule has 8 heteroatoms. The van der Waals surface area contributed by atoms with Crippen LogP contribution in [-0.2, 0) is 26.1 Å². The lowest BCUT2D eigenvalue weighted by Gasteiger charge is -2.32. The highest BCUT2D eigenvalue weighted by Gasteiger charge is 2.26. The molecule has 1 fully saturated rings. The molecular formula is C28H29F2N5O. The third-order valence-corrected chi connectivity index (χ3v) is 7.44. The minimum Gasteiger partial charge on any atom is -0.298 e. The molecule has 0 amide bonds. The molecule has 6 nitrogen and oxygen atoms in total. The van der Waals surface area contributed by atoms with Crippen molar-refractivity contribution in [2.24, 2.45) is 0 Å². The minimum atomic E-state index is -0.244. The van der Waals surface area contributed by atoms with Crippen LogP contribution in [0.4, 0.5) is 8.78 Å². The van der Waals surface area contributed by atoms with E-state index >= 15 is 0 Å². The number of hydrogen-bond acceptors (Lipinski definition) is 4. The highest BCUT2D eigenvalue weighted by Crippen LogP contribution is 2.28. The second-order valence-corrected chi connectivity index (χ2v) is 10.0. The Kier molecular flexibility index (Phi) is 6.15. The average molecular weight is 490 g/mol. The summed E-state index contributed by atoms with van der Waals surface area (Å²) in [5.74, 6) is -0.175. The fourth-order valence-electron chi connectivity index (χ4n) is 5.55. The van der Waals surface area contributed by atoms with Gasteiger partial charge in [-0.1, -0.05) is 24.3 Å². The Morgan fingerprint density at radius 3 is 2.28 bits per heavy atom. The molecule has 2 aliphatic rings. The summed E-state index contributed by atoms with van der Waals surface area (Å²) >= 11 is 0. The summed E-state index contributed by atoms with van der Waals surface area (Å²) in [6, 6.07) is 15.3. The van der Waals surface area contributed by atoms with E-state index in [4.69, 9.17) is 4.98 Å². The summed E-state index contributed by atoms with van der Waals surface area (Å²) in [5, 5.41) is 3.35. The Morgan fingerprint density at radius 1 is 0.917 bits per heavy atom. The molecule has 1 atom stereocenters. The zero-order valence-corrected chi connectivity index (χ0v) is 20.1. The number of nitrogens with one attached hydrogen (secondary N) is 1. The van der Waals surface area contributed by atoms with Crippen LogP contribution in [0.3, 0.4) is 0 Å². The Labute approximate surface area is 208 Å². The largest absolute Gasteiger partial charge is 0.298 e. The summed E-state index contributed by atoms with van der Waals surface area (Å²) < 4.78 is 28.1. The highest BCUT2D eigenvalue weighted by atomic mass is 19.1. The molecule has 2 aliphatic heterocycles. The van der Waals surface area contributed by atoms with Gasteiger partial charge in [0.1, 0.15) is 11.6 Å². The van der Waals surface area contributed by atoms with Crippen LogP contribution in [0.2, 0.25) is 0 Å². The van der Waals surface area contributed by atoms with Gasteiger partial charge in [0.05, 0.1) is 11.3 Å². The molecule has 4 aromatic rings. The number of piperidine rings is 1. The molecule has 6 rings (SSSR count). The standard InChI is InChI=1S/C28H29F2N5O/c29-22-7-3-19(4-8-22)15-33-12-1-2-21(17-33)26-14-27-31-25-11-13-34(16-20-5-9-23(30)10-6-20)18-24(25)28(36)35(27)32-26/h3-10,14,21,32H,1-2,11-13,15-18H2/t21-/m1/s1. The van der Waals surface area contributed by atoms with Crippen LogP contribution >= 0.6 is 0 Å². The Hall–Kier alpha value is -3.36. The Balaban J connectivity index is 1.20. The first-order chi connectivity index (χ1) is 17.5. The number of likely N-dealkylation sites (tertiary alicyclic amines) is 1. The van der Waals surface area contributed by atoms with E-state index in [0.717, 1.165) is 73.5 Å². The van der Waals surface area contributed by atoms with E-state index in [-0.39, 0.29) is 23.1 Å². The third-order valence-electron chi connectivity index (χ3n) is 7.44. The number of halogens is 2. The lowest BCUT2D eigenvalue weighted by molar-refractivity contribution is 0.198. The maximum absolute atomic E-state index is 13.4. The molecule has 1 N–H and O–H groups in total. The van der Waals surface area contributed by atoms with Crippen LogP contribution in [-0.4, -0.2) is 44.0 Å². The van der Waals surface area contributed by atoms with Crippen molar-refractivity contribution in [1.82, 2.24) is 24.4 Å². The van der Waals surface area contributed by atoms with Crippen molar-refractivity contribution in [3.8, 4) is 0 Å². The number of aromatic nitrogens is 3. The van der Waals surface area contributed by atoms with Crippen molar-refractivity contribution in [3.63, 3.8) is 0 Å². The van der Waals surface area contributed by atoms with Crippen LogP contribution in [0.5, 0.6) is 0 Å². The molecule has 36 heavy (non-hydrogen) atoms. The van der Waals surface area contributed by atoms with Gasteiger partial charge >= 0.3 is 0 Å². The molecule has 2 aromatic carbocycles. The van der Waals surface area contributed by atoms with Gasteiger partial charge < -0.3 is 0 Å². The van der Waals surface area contributed by atoms with E-state index < -0.39 is 0 Å². The summed E-state index contributed by atoms with van der Waals surface area (Å²) in [7, 11) is 0. The summed E-state index contributed by atoms with van der Waals surface area (Å²) in [5.41, 5.74) is 5.41. The first-order valence-corrected chi connectivity index (χ1v) is 12.6. The van der Waals surface area contributed by atoms with Crippen molar-refractivity contribution in [2.45, 2.75) is 44.8 Å². The van der Waals surface area contributed by atoms with Gasteiger partial charge in [0, 0.05) is 56.8 Å². The second kappa shape index (κ2) is 9.59. The summed E-state index contributed by atoms with van der Waals surface area (Å²) in [6.07, 6.45) is 2.84. The van der Waals surface area contributed by atoms with Crippen molar-refractivity contribution in [1.29, 1.82) is 0 Å². The lowest BCUT2D eigenvalue weighted by atomic mass is 9.94. The molecule has 0 radical (unpaired) electrons. The van der Waals surface area contributed by atoms with Crippen LogP contribution < -0.4 is 5.56 Å². The van der Waals surface area contributed by atoms with Gasteiger partial charge in [-0.15, -0.1) is 0 Å². The number of rotatable bonds is 5. The van der Waals surface area contributed by atoms with E-state index in [0.29, 0.717) is 18.7 Å². The van der Waals surface area contributed by atoms with Crippen molar-refractivity contribution in [3.05, 3.63) is 105 Å². The van der Waals surface area contributed by atoms with E-state index in [1.807, 2.05) is 18.2 Å². The Bertz CT molecular complexity index is 1430. The van der Waals surface area contributed by atoms with Gasteiger partial charge in [-0.05, 0) is 54.8 Å². The number of aromatic amines is 1. The predicted molar refractivity (Wildman–Crippen MR) is 134 cm³/mol. The van der Waals surface area contributed by atoms with Gasteiger partial charge in [0.25, 0.3) is 5.56 Å². The Morgan fingerprint density at radius 2 is 1.58 bits per heavy atom. The molecular weight excluding hydrogens is 460 g/mol. The normalized spacial score (nSPS) is 19.0. The molecule has 0 spiro atoms. The lowest BCUT2D eigenvalue weighted by Crippen LogP contribution is -2.36. The molecule has 4 heterocycles. The van der Waals surface area contributed by atoms with Gasteiger partial charge in [0.2, 0.25) is 0 Å². The van der Waals surface area contributed by atoms with Crippen LogP contribution in [0, 0.1) is 11.6 Å². The third kappa shape index (κ3) is 4.70. The average Bonchev–Trinajstić information content (AvgIpc) is 3.32. The molecule has 0 aliphatic carbocycles. The highest BCUT2D eigenvalue weighted by molar-refractivity contribution is 5.43. The quantitative estimate of drug-likeness (QED) is 0.456. The topological polar surface area (TPSA) is 56.6 Å². The zero-order valence-electron chi connectivity index (χ0n) is 20.1. The monoisotopic (exact) mass is 489 g/mol.